The second-order valence-electron chi connectivity index (χ2n) is 5.86. The number of carbonyl (C=O) groups excluding carboxylic acids is 2. The van der Waals surface area contributed by atoms with Gasteiger partial charge >= 0.3 is 6.18 Å². The monoisotopic (exact) mass is 327 g/mol. The molecule has 0 radical (unpaired) electrons. The Hall–Kier alpha value is -2.09. The number of para-hydroxylation sites is 2. The molecule has 1 aliphatic heterocycles. The molecule has 0 aromatic heterocycles. The highest BCUT2D eigenvalue weighted by Crippen LogP contribution is 2.38. The molecule has 5 nitrogen and oxygen atoms in total. The van der Waals surface area contributed by atoms with Crippen molar-refractivity contribution in [2.75, 3.05) is 22.9 Å². The molecule has 3 rings (SSSR count). The molecule has 124 valence electrons. The number of rotatable bonds is 2. The van der Waals surface area contributed by atoms with Crippen molar-refractivity contribution in [1.29, 1.82) is 0 Å². The maximum absolute atomic E-state index is 12.8. The van der Waals surface area contributed by atoms with E-state index in [0.29, 0.717) is 10.6 Å². The molecule has 2 aliphatic rings. The normalized spacial score (nSPS) is 21.9. The molecule has 1 aromatic carbocycles. The number of hydrogen-bond donors (Lipinski definition) is 1. The largest absolute Gasteiger partial charge is 0.406 e. The lowest BCUT2D eigenvalue weighted by Crippen LogP contribution is -2.50. The summed E-state index contributed by atoms with van der Waals surface area (Å²) in [7, 11) is 0. The molecule has 1 atom stereocenters. The van der Waals surface area contributed by atoms with Gasteiger partial charge in [-0.15, -0.1) is 0 Å². The number of fused-ring (bicyclic) bond motifs is 1. The lowest BCUT2D eigenvalue weighted by atomic mass is 10.2. The first kappa shape index (κ1) is 15.8. The van der Waals surface area contributed by atoms with Crippen molar-refractivity contribution in [2.45, 2.75) is 25.1 Å². The van der Waals surface area contributed by atoms with Gasteiger partial charge in [0, 0.05) is 5.92 Å². The van der Waals surface area contributed by atoms with Crippen LogP contribution in [-0.2, 0) is 9.59 Å². The molecule has 1 heterocycles. The van der Waals surface area contributed by atoms with Crippen LogP contribution >= 0.6 is 0 Å². The average Bonchev–Trinajstić information content (AvgIpc) is 3.32. The highest BCUT2D eigenvalue weighted by molar-refractivity contribution is 6.07. The van der Waals surface area contributed by atoms with Gasteiger partial charge in [-0.3, -0.25) is 14.5 Å². The van der Waals surface area contributed by atoms with Crippen molar-refractivity contribution < 1.29 is 22.8 Å². The van der Waals surface area contributed by atoms with E-state index >= 15 is 0 Å². The second-order valence-corrected chi connectivity index (χ2v) is 5.86. The number of alkyl halides is 3. The van der Waals surface area contributed by atoms with Gasteiger partial charge in [0.25, 0.3) is 0 Å². The van der Waals surface area contributed by atoms with Crippen LogP contribution in [0.4, 0.5) is 24.5 Å². The molecule has 2 N–H and O–H groups in total. The SMILES string of the molecule is NC1CN(C(=O)C2CC2)c2ccccc2N(CC(F)(F)F)C1=O. The van der Waals surface area contributed by atoms with Crippen molar-refractivity contribution in [3.05, 3.63) is 24.3 Å². The molecule has 0 saturated heterocycles. The topological polar surface area (TPSA) is 66.6 Å². The van der Waals surface area contributed by atoms with Gasteiger partial charge in [-0.05, 0) is 25.0 Å². The number of nitrogens with two attached hydrogens (primary N) is 1. The van der Waals surface area contributed by atoms with Crippen LogP contribution in [0.5, 0.6) is 0 Å². The standard InChI is InChI=1S/C15H16F3N3O2/c16-15(17,18)8-21-12-4-2-1-3-11(12)20(7-10(19)14(21)23)13(22)9-5-6-9/h1-4,9-10H,5-8,19H2. The number of carbonyl (C=O) groups is 2. The molecule has 0 bridgehead atoms. The fourth-order valence-corrected chi connectivity index (χ4v) is 2.71. The van der Waals surface area contributed by atoms with Crippen LogP contribution in [0.15, 0.2) is 24.3 Å². The fraction of sp³-hybridized carbons (Fsp3) is 0.467. The molecule has 1 unspecified atom stereocenters. The summed E-state index contributed by atoms with van der Waals surface area (Å²) in [5.74, 6) is -1.14. The van der Waals surface area contributed by atoms with Gasteiger partial charge in [0.1, 0.15) is 12.6 Å². The van der Waals surface area contributed by atoms with Crippen LogP contribution in [0.1, 0.15) is 12.8 Å². The zero-order valence-corrected chi connectivity index (χ0v) is 12.2. The third-order valence-corrected chi connectivity index (χ3v) is 3.96. The van der Waals surface area contributed by atoms with Crippen LogP contribution in [0.25, 0.3) is 0 Å². The molecule has 1 saturated carbocycles. The minimum absolute atomic E-state index is 0.0665. The van der Waals surface area contributed by atoms with Gasteiger partial charge in [-0.2, -0.15) is 13.2 Å². The highest BCUT2D eigenvalue weighted by atomic mass is 19.4. The highest BCUT2D eigenvalue weighted by Gasteiger charge is 2.42. The molecule has 1 aliphatic carbocycles. The van der Waals surface area contributed by atoms with Gasteiger partial charge in [0.15, 0.2) is 0 Å². The summed E-state index contributed by atoms with van der Waals surface area (Å²) >= 11 is 0. The maximum Gasteiger partial charge on any atom is 0.406 e. The Morgan fingerprint density at radius 2 is 1.83 bits per heavy atom. The van der Waals surface area contributed by atoms with Crippen LogP contribution in [-0.4, -0.2) is 37.1 Å². The number of amides is 2. The number of nitrogens with zero attached hydrogens (tertiary/aromatic N) is 2. The Morgan fingerprint density at radius 1 is 1.22 bits per heavy atom. The third-order valence-electron chi connectivity index (χ3n) is 3.96. The Morgan fingerprint density at radius 3 is 2.39 bits per heavy atom. The van der Waals surface area contributed by atoms with Crippen molar-refractivity contribution in [2.24, 2.45) is 11.7 Å². The molecule has 1 aromatic rings. The van der Waals surface area contributed by atoms with Crippen molar-refractivity contribution in [3.63, 3.8) is 0 Å². The van der Waals surface area contributed by atoms with E-state index in [0.717, 1.165) is 12.8 Å². The minimum atomic E-state index is -4.56. The van der Waals surface area contributed by atoms with Crippen molar-refractivity contribution in [1.82, 2.24) is 0 Å². The summed E-state index contributed by atoms with van der Waals surface area (Å²) in [6.45, 7) is -1.54. The molecule has 2 amide bonds. The van der Waals surface area contributed by atoms with E-state index in [1.54, 1.807) is 12.1 Å². The molecule has 0 spiro atoms. The average molecular weight is 327 g/mol. The molecule has 1 fully saturated rings. The quantitative estimate of drug-likeness (QED) is 0.898. The van der Waals surface area contributed by atoms with E-state index in [1.165, 1.54) is 17.0 Å². The van der Waals surface area contributed by atoms with Crippen LogP contribution in [0.3, 0.4) is 0 Å². The minimum Gasteiger partial charge on any atom is -0.318 e. The Kier molecular flexibility index (Phi) is 3.79. The van der Waals surface area contributed by atoms with Gasteiger partial charge < -0.3 is 10.6 Å². The zero-order chi connectivity index (χ0) is 16.8. The summed E-state index contributed by atoms with van der Waals surface area (Å²) in [4.78, 5) is 26.7. The van der Waals surface area contributed by atoms with Crippen LogP contribution in [0, 0.1) is 5.92 Å². The number of hydrogen-bond acceptors (Lipinski definition) is 3. The Balaban J connectivity index is 2.05. The van der Waals surface area contributed by atoms with E-state index in [9.17, 15) is 22.8 Å². The van der Waals surface area contributed by atoms with Gasteiger partial charge in [-0.1, -0.05) is 12.1 Å². The number of anilines is 2. The molecular formula is C15H16F3N3O2. The maximum atomic E-state index is 12.8. The third kappa shape index (κ3) is 3.17. The van der Waals surface area contributed by atoms with E-state index < -0.39 is 24.7 Å². The van der Waals surface area contributed by atoms with Crippen LogP contribution in [0.2, 0.25) is 0 Å². The summed E-state index contributed by atoms with van der Waals surface area (Å²) in [6, 6.07) is 4.92. The summed E-state index contributed by atoms with van der Waals surface area (Å²) < 4.78 is 38.5. The predicted molar refractivity (Wildman–Crippen MR) is 77.9 cm³/mol. The summed E-state index contributed by atoms with van der Waals surface area (Å²) in [5.41, 5.74) is 6.13. The van der Waals surface area contributed by atoms with Gasteiger partial charge in [-0.25, -0.2) is 0 Å². The first-order valence-corrected chi connectivity index (χ1v) is 7.32. The zero-order valence-electron chi connectivity index (χ0n) is 12.2. The number of halogens is 3. The van der Waals surface area contributed by atoms with E-state index in [4.69, 9.17) is 5.73 Å². The fourth-order valence-electron chi connectivity index (χ4n) is 2.71. The molecule has 8 heteroatoms. The summed E-state index contributed by atoms with van der Waals surface area (Å²) in [5, 5.41) is 0. The number of benzene rings is 1. The van der Waals surface area contributed by atoms with E-state index in [2.05, 4.69) is 0 Å². The first-order chi connectivity index (χ1) is 10.8. The Labute approximate surface area is 130 Å². The second kappa shape index (κ2) is 5.52. The predicted octanol–water partition coefficient (Wildman–Crippen LogP) is 1.67. The molecular weight excluding hydrogens is 311 g/mol. The first-order valence-electron chi connectivity index (χ1n) is 7.32. The van der Waals surface area contributed by atoms with Crippen molar-refractivity contribution >= 4 is 23.2 Å². The van der Waals surface area contributed by atoms with E-state index in [1.807, 2.05) is 0 Å². The van der Waals surface area contributed by atoms with Gasteiger partial charge in [0.2, 0.25) is 11.8 Å². The lowest BCUT2D eigenvalue weighted by Gasteiger charge is -2.26. The van der Waals surface area contributed by atoms with Crippen molar-refractivity contribution in [3.8, 4) is 0 Å². The van der Waals surface area contributed by atoms with E-state index in [-0.39, 0.29) is 24.1 Å². The lowest BCUT2D eigenvalue weighted by molar-refractivity contribution is -0.133. The van der Waals surface area contributed by atoms with Crippen LogP contribution < -0.4 is 15.5 Å². The Bertz CT molecular complexity index is 643. The smallest absolute Gasteiger partial charge is 0.318 e. The summed E-state index contributed by atoms with van der Waals surface area (Å²) in [6.07, 6.45) is -3.04. The van der Waals surface area contributed by atoms with Gasteiger partial charge in [0.05, 0.1) is 17.9 Å². The molecule has 23 heavy (non-hydrogen) atoms.